The van der Waals surface area contributed by atoms with Crippen molar-refractivity contribution in [3.8, 4) is 5.75 Å². The van der Waals surface area contributed by atoms with Crippen LogP contribution in [0, 0.1) is 5.82 Å². The fraction of sp³-hybridized carbons (Fsp3) is 0.350. The van der Waals surface area contributed by atoms with Crippen LogP contribution in [0.5, 0.6) is 5.75 Å². The van der Waals surface area contributed by atoms with E-state index >= 15 is 0 Å². The molecular formula is C20H24FNO2S. The summed E-state index contributed by atoms with van der Waals surface area (Å²) in [4.78, 5) is 12.2. The Bertz CT molecular complexity index is 723. The molecule has 134 valence electrons. The molecule has 0 radical (unpaired) electrons. The van der Waals surface area contributed by atoms with Gasteiger partial charge in [-0.1, -0.05) is 39.0 Å². The van der Waals surface area contributed by atoms with Gasteiger partial charge in [0.25, 0.3) is 0 Å². The first kappa shape index (κ1) is 19.3. The van der Waals surface area contributed by atoms with Gasteiger partial charge in [-0.3, -0.25) is 4.79 Å². The van der Waals surface area contributed by atoms with E-state index in [1.807, 2.05) is 18.2 Å². The highest BCUT2D eigenvalue weighted by molar-refractivity contribution is 7.99. The van der Waals surface area contributed by atoms with Crippen LogP contribution in [0.3, 0.4) is 0 Å². The van der Waals surface area contributed by atoms with Crippen LogP contribution in [0.15, 0.2) is 42.5 Å². The zero-order valence-corrected chi connectivity index (χ0v) is 15.9. The maximum atomic E-state index is 12.9. The molecule has 2 aromatic carbocycles. The van der Waals surface area contributed by atoms with Crippen LogP contribution in [-0.4, -0.2) is 18.8 Å². The van der Waals surface area contributed by atoms with E-state index in [0.29, 0.717) is 22.9 Å². The lowest BCUT2D eigenvalue weighted by Crippen LogP contribution is -2.17. The Labute approximate surface area is 153 Å². The third-order valence-corrected chi connectivity index (χ3v) is 4.76. The van der Waals surface area contributed by atoms with Gasteiger partial charge in [-0.15, -0.1) is 11.8 Å². The molecule has 0 unspecified atom stereocenters. The molecule has 0 aliphatic carbocycles. The number of thioether (sulfide) groups is 1. The maximum absolute atomic E-state index is 12.9. The molecule has 0 saturated heterocycles. The number of nitrogens with one attached hydrogen (secondary N) is 1. The molecule has 0 heterocycles. The first-order chi connectivity index (χ1) is 11.8. The van der Waals surface area contributed by atoms with E-state index in [1.165, 1.54) is 23.9 Å². The molecule has 0 atom stereocenters. The highest BCUT2D eigenvalue weighted by Crippen LogP contribution is 2.31. The summed E-state index contributed by atoms with van der Waals surface area (Å²) in [5.74, 6) is 1.28. The van der Waals surface area contributed by atoms with Crippen LogP contribution in [-0.2, 0) is 16.0 Å². The van der Waals surface area contributed by atoms with E-state index in [1.54, 1.807) is 19.2 Å². The van der Waals surface area contributed by atoms with Gasteiger partial charge in [0.1, 0.15) is 11.6 Å². The first-order valence-corrected chi connectivity index (χ1v) is 9.25. The van der Waals surface area contributed by atoms with Crippen LogP contribution < -0.4 is 10.1 Å². The zero-order valence-electron chi connectivity index (χ0n) is 15.1. The molecule has 1 amide bonds. The van der Waals surface area contributed by atoms with Gasteiger partial charge >= 0.3 is 0 Å². The van der Waals surface area contributed by atoms with E-state index in [9.17, 15) is 9.18 Å². The number of carbonyl (C=O) groups is 1. The van der Waals surface area contributed by atoms with Crippen molar-refractivity contribution >= 4 is 23.4 Å². The second-order valence-electron chi connectivity index (χ2n) is 6.83. The van der Waals surface area contributed by atoms with Crippen molar-refractivity contribution in [2.24, 2.45) is 0 Å². The van der Waals surface area contributed by atoms with E-state index in [2.05, 4.69) is 26.1 Å². The minimum Gasteiger partial charge on any atom is -0.495 e. The number of anilines is 1. The molecule has 25 heavy (non-hydrogen) atoms. The van der Waals surface area contributed by atoms with Crippen LogP contribution in [0.4, 0.5) is 10.1 Å². The summed E-state index contributed by atoms with van der Waals surface area (Å²) in [5, 5.41) is 2.92. The van der Waals surface area contributed by atoms with E-state index in [0.717, 1.165) is 11.1 Å². The summed E-state index contributed by atoms with van der Waals surface area (Å²) in [6.45, 7) is 6.37. The Kier molecular flexibility index (Phi) is 6.48. The van der Waals surface area contributed by atoms with Crippen LogP contribution in [0.1, 0.15) is 31.9 Å². The zero-order chi connectivity index (χ0) is 18.4. The number of methoxy groups -OCH3 is 1. The van der Waals surface area contributed by atoms with Crippen LogP contribution in [0.2, 0.25) is 0 Å². The fourth-order valence-corrected chi connectivity index (χ4v) is 3.09. The van der Waals surface area contributed by atoms with Gasteiger partial charge < -0.3 is 10.1 Å². The minimum absolute atomic E-state index is 0.0108. The lowest BCUT2D eigenvalue weighted by molar-refractivity contribution is -0.113. The van der Waals surface area contributed by atoms with Crippen molar-refractivity contribution in [2.75, 3.05) is 18.2 Å². The van der Waals surface area contributed by atoms with Crippen molar-refractivity contribution < 1.29 is 13.9 Å². The van der Waals surface area contributed by atoms with Gasteiger partial charge in [-0.25, -0.2) is 4.39 Å². The average molecular weight is 361 g/mol. The van der Waals surface area contributed by atoms with Crippen LogP contribution in [0.25, 0.3) is 0 Å². The number of hydrogen-bond donors (Lipinski definition) is 1. The second-order valence-corrected chi connectivity index (χ2v) is 7.82. The summed E-state index contributed by atoms with van der Waals surface area (Å²) >= 11 is 1.49. The molecule has 0 aliphatic rings. The molecular weight excluding hydrogens is 337 g/mol. The first-order valence-electron chi connectivity index (χ1n) is 8.10. The predicted molar refractivity (Wildman–Crippen MR) is 103 cm³/mol. The molecule has 0 spiro atoms. The molecule has 0 aliphatic heterocycles. The largest absolute Gasteiger partial charge is 0.495 e. The Balaban J connectivity index is 1.96. The van der Waals surface area contributed by atoms with Gasteiger partial charge in [-0.05, 0) is 40.8 Å². The molecule has 3 nitrogen and oxygen atoms in total. The molecule has 2 aromatic rings. The number of amides is 1. The SMILES string of the molecule is COc1ccc(C(C)(C)C)cc1NC(=O)CSCc1ccc(F)cc1. The Hall–Kier alpha value is -2.01. The number of rotatable bonds is 6. The third-order valence-electron chi connectivity index (χ3n) is 3.75. The fourth-order valence-electron chi connectivity index (χ4n) is 2.30. The molecule has 0 aromatic heterocycles. The predicted octanol–water partition coefficient (Wildman–Crippen LogP) is 5.00. The second kappa shape index (κ2) is 8.39. The number of ether oxygens (including phenoxy) is 1. The summed E-state index contributed by atoms with van der Waals surface area (Å²) in [6.07, 6.45) is 0. The highest BCUT2D eigenvalue weighted by Gasteiger charge is 2.17. The molecule has 0 saturated carbocycles. The molecule has 1 N–H and O–H groups in total. The number of halogens is 1. The summed E-state index contributed by atoms with van der Waals surface area (Å²) in [6, 6.07) is 12.2. The van der Waals surface area contributed by atoms with Gasteiger partial charge in [0.2, 0.25) is 5.91 Å². The number of hydrogen-bond acceptors (Lipinski definition) is 3. The van der Waals surface area contributed by atoms with E-state index in [-0.39, 0.29) is 17.1 Å². The summed E-state index contributed by atoms with van der Waals surface area (Å²) < 4.78 is 18.2. The quantitative estimate of drug-likeness (QED) is 0.786. The monoisotopic (exact) mass is 361 g/mol. The Morgan fingerprint density at radius 3 is 2.44 bits per heavy atom. The number of benzene rings is 2. The van der Waals surface area contributed by atoms with Crippen molar-refractivity contribution in [3.05, 3.63) is 59.4 Å². The number of carbonyl (C=O) groups excluding carboxylic acids is 1. The molecule has 0 fully saturated rings. The normalized spacial score (nSPS) is 11.2. The lowest BCUT2D eigenvalue weighted by Gasteiger charge is -2.21. The average Bonchev–Trinajstić information content (AvgIpc) is 2.56. The van der Waals surface area contributed by atoms with Gasteiger partial charge in [0.15, 0.2) is 0 Å². The smallest absolute Gasteiger partial charge is 0.234 e. The third kappa shape index (κ3) is 5.78. The van der Waals surface area contributed by atoms with E-state index in [4.69, 9.17) is 4.74 Å². The van der Waals surface area contributed by atoms with Crippen molar-refractivity contribution in [1.29, 1.82) is 0 Å². The van der Waals surface area contributed by atoms with E-state index < -0.39 is 0 Å². The molecule has 5 heteroatoms. The van der Waals surface area contributed by atoms with Gasteiger partial charge in [-0.2, -0.15) is 0 Å². The summed E-state index contributed by atoms with van der Waals surface area (Å²) in [5.41, 5.74) is 2.79. The van der Waals surface area contributed by atoms with Crippen molar-refractivity contribution in [3.63, 3.8) is 0 Å². The minimum atomic E-state index is -0.252. The maximum Gasteiger partial charge on any atom is 0.234 e. The van der Waals surface area contributed by atoms with Crippen molar-refractivity contribution in [1.82, 2.24) is 0 Å². The van der Waals surface area contributed by atoms with Crippen molar-refractivity contribution in [2.45, 2.75) is 31.9 Å². The lowest BCUT2D eigenvalue weighted by atomic mass is 9.87. The van der Waals surface area contributed by atoms with Gasteiger partial charge in [0.05, 0.1) is 18.6 Å². The summed E-state index contributed by atoms with van der Waals surface area (Å²) in [7, 11) is 1.59. The topological polar surface area (TPSA) is 38.3 Å². The molecule has 0 bridgehead atoms. The molecule has 2 rings (SSSR count). The Morgan fingerprint density at radius 2 is 1.84 bits per heavy atom. The standard InChI is InChI=1S/C20H24FNO2S/c1-20(2,3)15-7-10-18(24-4)17(11-15)22-19(23)13-25-12-14-5-8-16(21)9-6-14/h5-11H,12-13H2,1-4H3,(H,22,23). The van der Waals surface area contributed by atoms with Gasteiger partial charge in [0, 0.05) is 5.75 Å². The highest BCUT2D eigenvalue weighted by atomic mass is 32.2. The van der Waals surface area contributed by atoms with Crippen LogP contribution >= 0.6 is 11.8 Å². The Morgan fingerprint density at radius 1 is 1.16 bits per heavy atom.